The number of aromatic amines is 1. The van der Waals surface area contributed by atoms with Gasteiger partial charge in [0.05, 0.1) is 23.0 Å². The third kappa shape index (κ3) is 3.57. The van der Waals surface area contributed by atoms with Crippen LogP contribution in [0.4, 0.5) is 23.7 Å². The summed E-state index contributed by atoms with van der Waals surface area (Å²) in [6.45, 7) is 0. The highest BCUT2D eigenvalue weighted by atomic mass is 19.4. The van der Waals surface area contributed by atoms with Crippen molar-refractivity contribution in [1.29, 1.82) is 0 Å². The number of carbonyl (C=O) groups excluding carboxylic acids is 2. The number of halogens is 3. The Hall–Kier alpha value is -3.43. The van der Waals surface area contributed by atoms with Crippen molar-refractivity contribution in [3.63, 3.8) is 0 Å². The fourth-order valence-corrected chi connectivity index (χ4v) is 2.14. The average molecular weight is 352 g/mol. The van der Waals surface area contributed by atoms with Crippen molar-refractivity contribution in [2.45, 2.75) is 6.18 Å². The molecular weight excluding hydrogens is 341 g/mol. The lowest BCUT2D eigenvalue weighted by molar-refractivity contribution is -0.136. The number of para-hydroxylation sites is 1. The molecule has 4 N–H and O–H groups in total. The van der Waals surface area contributed by atoms with Crippen LogP contribution in [0.1, 0.15) is 16.1 Å². The van der Waals surface area contributed by atoms with Crippen LogP contribution in [0.5, 0.6) is 0 Å². The lowest BCUT2D eigenvalue weighted by Gasteiger charge is -2.14. The Morgan fingerprint density at radius 1 is 1.08 bits per heavy atom. The van der Waals surface area contributed by atoms with E-state index in [9.17, 15) is 22.8 Å². The smallest absolute Gasteiger partial charge is 0.418 e. The van der Waals surface area contributed by atoms with Crippen LogP contribution in [0, 0.1) is 0 Å². The average Bonchev–Trinajstić information content (AvgIpc) is 3.13. The molecule has 0 aliphatic carbocycles. The molecule has 0 aliphatic rings. The van der Waals surface area contributed by atoms with Crippen molar-refractivity contribution in [2.75, 3.05) is 5.32 Å². The van der Waals surface area contributed by atoms with E-state index < -0.39 is 29.4 Å². The van der Waals surface area contributed by atoms with Gasteiger partial charge in [-0.25, -0.2) is 10.2 Å². The summed E-state index contributed by atoms with van der Waals surface area (Å²) in [6.07, 6.45) is -3.18. The molecule has 10 heteroatoms. The number of fused-ring (bicyclic) bond motifs is 1. The Kier molecular flexibility index (Phi) is 4.09. The highest BCUT2D eigenvalue weighted by Gasteiger charge is 2.33. The van der Waals surface area contributed by atoms with Crippen molar-refractivity contribution in [1.82, 2.24) is 15.8 Å². The number of rotatable bonds is 2. The zero-order chi connectivity index (χ0) is 18.0. The number of hydrazine groups is 1. The van der Waals surface area contributed by atoms with Gasteiger partial charge >= 0.3 is 12.2 Å². The van der Waals surface area contributed by atoms with E-state index in [1.165, 1.54) is 24.5 Å². The van der Waals surface area contributed by atoms with Gasteiger partial charge in [0.25, 0.3) is 5.91 Å². The summed E-state index contributed by atoms with van der Waals surface area (Å²) in [5.41, 5.74) is 3.78. The van der Waals surface area contributed by atoms with Crippen LogP contribution in [-0.2, 0) is 6.18 Å². The summed E-state index contributed by atoms with van der Waals surface area (Å²) in [6, 6.07) is 6.49. The summed E-state index contributed by atoms with van der Waals surface area (Å²) < 4.78 is 43.6. The lowest BCUT2D eigenvalue weighted by atomic mass is 10.1. The van der Waals surface area contributed by atoms with Crippen molar-refractivity contribution < 1.29 is 27.2 Å². The predicted molar refractivity (Wildman–Crippen MR) is 81.6 cm³/mol. The first kappa shape index (κ1) is 16.4. The maximum Gasteiger partial charge on any atom is 0.418 e. The van der Waals surface area contributed by atoms with Gasteiger partial charge in [-0.15, -0.1) is 0 Å². The maximum atomic E-state index is 12.9. The molecule has 0 saturated heterocycles. The van der Waals surface area contributed by atoms with E-state index in [1.807, 2.05) is 10.7 Å². The number of hydrogen-bond donors (Lipinski definition) is 4. The van der Waals surface area contributed by atoms with E-state index in [2.05, 4.69) is 10.4 Å². The number of H-pyrrole nitrogens is 1. The quantitative estimate of drug-likeness (QED) is 0.533. The molecule has 7 nitrogen and oxygen atoms in total. The summed E-state index contributed by atoms with van der Waals surface area (Å²) >= 11 is 0. The third-order valence-corrected chi connectivity index (χ3v) is 3.25. The molecule has 25 heavy (non-hydrogen) atoms. The SMILES string of the molecule is O=C(NNC(=O)c1cc2occc2[nH]1)Nc1ccccc1C(F)(F)F. The highest BCUT2D eigenvalue weighted by molar-refractivity contribution is 5.98. The molecule has 0 radical (unpaired) electrons. The van der Waals surface area contributed by atoms with Crippen LogP contribution in [0.2, 0.25) is 0 Å². The van der Waals surface area contributed by atoms with Crippen LogP contribution in [0.25, 0.3) is 11.1 Å². The van der Waals surface area contributed by atoms with Gasteiger partial charge in [0.15, 0.2) is 5.58 Å². The highest BCUT2D eigenvalue weighted by Crippen LogP contribution is 2.34. The van der Waals surface area contributed by atoms with Crippen LogP contribution >= 0.6 is 0 Å². The molecule has 0 bridgehead atoms. The second kappa shape index (κ2) is 6.23. The molecule has 2 heterocycles. The molecule has 3 rings (SSSR count). The number of carbonyl (C=O) groups is 2. The summed E-state index contributed by atoms with van der Waals surface area (Å²) in [7, 11) is 0. The minimum Gasteiger partial charge on any atom is -0.463 e. The summed E-state index contributed by atoms with van der Waals surface area (Å²) in [4.78, 5) is 26.4. The second-order valence-electron chi connectivity index (χ2n) is 4.96. The molecule has 130 valence electrons. The Bertz CT molecular complexity index is 901. The molecule has 1 aromatic carbocycles. The number of aromatic nitrogens is 1. The third-order valence-electron chi connectivity index (χ3n) is 3.25. The van der Waals surface area contributed by atoms with Gasteiger partial charge in [-0.2, -0.15) is 13.2 Å². The van der Waals surface area contributed by atoms with Crippen molar-refractivity contribution in [3.8, 4) is 0 Å². The molecule has 3 amide bonds. The van der Waals surface area contributed by atoms with E-state index in [4.69, 9.17) is 4.42 Å². The standard InChI is InChI=1S/C15H11F3N4O3/c16-15(17,18)8-3-1-2-4-9(8)20-14(24)22-21-13(23)11-7-12-10(19-11)5-6-25-12/h1-7,19H,(H,21,23)(H2,20,22,24). The second-order valence-corrected chi connectivity index (χ2v) is 4.96. The lowest BCUT2D eigenvalue weighted by Crippen LogP contribution is -2.44. The minimum absolute atomic E-state index is 0.116. The molecule has 0 unspecified atom stereocenters. The van der Waals surface area contributed by atoms with Gasteiger partial charge in [0.1, 0.15) is 5.69 Å². The fourth-order valence-electron chi connectivity index (χ4n) is 2.14. The van der Waals surface area contributed by atoms with Gasteiger partial charge in [0.2, 0.25) is 0 Å². The van der Waals surface area contributed by atoms with Gasteiger partial charge < -0.3 is 14.7 Å². The monoisotopic (exact) mass is 352 g/mol. The zero-order valence-electron chi connectivity index (χ0n) is 12.4. The topological polar surface area (TPSA) is 99.2 Å². The van der Waals surface area contributed by atoms with Gasteiger partial charge in [-0.3, -0.25) is 10.2 Å². The number of urea groups is 1. The number of hydrogen-bond acceptors (Lipinski definition) is 3. The number of benzene rings is 1. The van der Waals surface area contributed by atoms with Crippen LogP contribution in [-0.4, -0.2) is 16.9 Å². The number of nitrogens with one attached hydrogen (secondary N) is 4. The Balaban J connectivity index is 1.62. The fraction of sp³-hybridized carbons (Fsp3) is 0.0667. The molecule has 0 spiro atoms. The van der Waals surface area contributed by atoms with Crippen molar-refractivity contribution >= 4 is 28.7 Å². The molecule has 0 fully saturated rings. The Morgan fingerprint density at radius 3 is 2.56 bits per heavy atom. The van der Waals surface area contributed by atoms with E-state index in [1.54, 1.807) is 6.07 Å². The molecule has 0 atom stereocenters. The normalized spacial score (nSPS) is 11.3. The van der Waals surface area contributed by atoms with Crippen LogP contribution in [0.3, 0.4) is 0 Å². The van der Waals surface area contributed by atoms with E-state index >= 15 is 0 Å². The molecular formula is C15H11F3N4O3. The van der Waals surface area contributed by atoms with Crippen LogP contribution in [0.15, 0.2) is 47.1 Å². The first-order chi connectivity index (χ1) is 11.8. The van der Waals surface area contributed by atoms with Gasteiger partial charge in [0, 0.05) is 12.1 Å². The number of furan rings is 1. The number of alkyl halides is 3. The zero-order valence-corrected chi connectivity index (χ0v) is 12.4. The summed E-state index contributed by atoms with van der Waals surface area (Å²) in [5.74, 6) is -0.689. The van der Waals surface area contributed by atoms with E-state index in [-0.39, 0.29) is 5.69 Å². The van der Waals surface area contributed by atoms with Gasteiger partial charge in [-0.1, -0.05) is 12.1 Å². The van der Waals surface area contributed by atoms with E-state index in [0.29, 0.717) is 11.1 Å². The van der Waals surface area contributed by atoms with Crippen LogP contribution < -0.4 is 16.2 Å². The Labute approximate surface area is 138 Å². The largest absolute Gasteiger partial charge is 0.463 e. The first-order valence-electron chi connectivity index (χ1n) is 6.94. The molecule has 3 aromatic rings. The van der Waals surface area contributed by atoms with Crippen molar-refractivity contribution in [3.05, 3.63) is 53.9 Å². The Morgan fingerprint density at radius 2 is 1.84 bits per heavy atom. The molecule has 0 aliphatic heterocycles. The molecule has 0 saturated carbocycles. The summed E-state index contributed by atoms with van der Waals surface area (Å²) in [5, 5.41) is 2.03. The molecule has 2 aromatic heterocycles. The number of anilines is 1. The minimum atomic E-state index is -4.62. The number of amides is 3. The maximum absolute atomic E-state index is 12.9. The van der Waals surface area contributed by atoms with Gasteiger partial charge in [-0.05, 0) is 12.1 Å². The first-order valence-corrected chi connectivity index (χ1v) is 6.94. The van der Waals surface area contributed by atoms with Crippen molar-refractivity contribution in [2.24, 2.45) is 0 Å². The predicted octanol–water partition coefficient (Wildman–Crippen LogP) is 3.25. The van der Waals surface area contributed by atoms with E-state index in [0.717, 1.165) is 12.1 Å².